The van der Waals surface area contributed by atoms with Crippen LogP contribution in [0.15, 0.2) is 30.3 Å². The van der Waals surface area contributed by atoms with E-state index in [0.717, 1.165) is 50.9 Å². The largest absolute Gasteiger partial charge is 0.396 e. The number of amides is 1. The predicted octanol–water partition coefficient (Wildman–Crippen LogP) is 1.71. The van der Waals surface area contributed by atoms with Crippen LogP contribution in [0.25, 0.3) is 0 Å². The standard InChI is InChI=1S/C20H30N2O3S/c23-15-19-14-22(13-18(19)12-21-7-9-25-10-8-21)20(24)6-11-26-16-17-4-2-1-3-5-17/h1-5,18-19,23H,6-16H2/t18-,19-/m1/s1. The van der Waals surface area contributed by atoms with Crippen LogP contribution in [0.4, 0.5) is 0 Å². The lowest BCUT2D eigenvalue weighted by Crippen LogP contribution is -2.41. The number of hydrogen-bond acceptors (Lipinski definition) is 5. The molecule has 0 bridgehead atoms. The Bertz CT molecular complexity index is 551. The maximum absolute atomic E-state index is 12.6. The molecule has 2 fully saturated rings. The molecule has 0 aromatic heterocycles. The highest BCUT2D eigenvalue weighted by molar-refractivity contribution is 7.98. The van der Waals surface area contributed by atoms with Gasteiger partial charge in [-0.3, -0.25) is 9.69 Å². The molecule has 1 aromatic carbocycles. The fourth-order valence-corrected chi connectivity index (χ4v) is 4.64. The molecule has 0 saturated carbocycles. The first-order valence-electron chi connectivity index (χ1n) is 9.56. The van der Waals surface area contributed by atoms with E-state index < -0.39 is 0 Å². The Hall–Kier alpha value is -1.08. The number of ether oxygens (including phenoxy) is 1. The van der Waals surface area contributed by atoms with Gasteiger partial charge in [0.2, 0.25) is 5.91 Å². The molecule has 144 valence electrons. The highest BCUT2D eigenvalue weighted by atomic mass is 32.2. The van der Waals surface area contributed by atoms with Gasteiger partial charge in [0, 0.05) is 63.2 Å². The molecule has 1 N–H and O–H groups in total. The van der Waals surface area contributed by atoms with Crippen molar-refractivity contribution in [2.24, 2.45) is 11.8 Å². The SMILES string of the molecule is O=C(CCSCc1ccccc1)N1C[C@@H](CN2CCOCC2)[C@@H](CO)C1. The van der Waals surface area contributed by atoms with Gasteiger partial charge in [-0.25, -0.2) is 0 Å². The Morgan fingerprint density at radius 3 is 2.62 bits per heavy atom. The Kier molecular flexibility index (Phi) is 7.80. The number of benzene rings is 1. The van der Waals surface area contributed by atoms with E-state index in [2.05, 4.69) is 29.2 Å². The van der Waals surface area contributed by atoms with Crippen LogP contribution in [-0.2, 0) is 15.3 Å². The molecule has 1 amide bonds. The van der Waals surface area contributed by atoms with Crippen LogP contribution >= 0.6 is 11.8 Å². The molecule has 2 aliphatic heterocycles. The zero-order valence-corrected chi connectivity index (χ0v) is 16.2. The van der Waals surface area contributed by atoms with Crippen LogP contribution in [0, 0.1) is 11.8 Å². The average molecular weight is 379 g/mol. The summed E-state index contributed by atoms with van der Waals surface area (Å²) >= 11 is 1.81. The number of aliphatic hydroxyl groups excluding tert-OH is 1. The molecule has 0 aliphatic carbocycles. The second-order valence-electron chi connectivity index (χ2n) is 7.20. The smallest absolute Gasteiger partial charge is 0.223 e. The van der Waals surface area contributed by atoms with Gasteiger partial charge in [0.1, 0.15) is 0 Å². The fraction of sp³-hybridized carbons (Fsp3) is 0.650. The lowest BCUT2D eigenvalue weighted by atomic mass is 9.96. The number of aliphatic hydroxyl groups is 1. The van der Waals surface area contributed by atoms with Crippen molar-refractivity contribution in [3.63, 3.8) is 0 Å². The topological polar surface area (TPSA) is 53.0 Å². The monoisotopic (exact) mass is 378 g/mol. The summed E-state index contributed by atoms with van der Waals surface area (Å²) in [5.74, 6) is 2.61. The summed E-state index contributed by atoms with van der Waals surface area (Å²) in [5.41, 5.74) is 1.30. The van der Waals surface area contributed by atoms with E-state index in [1.165, 1.54) is 5.56 Å². The number of hydrogen-bond donors (Lipinski definition) is 1. The minimum atomic E-state index is 0.168. The summed E-state index contributed by atoms with van der Waals surface area (Å²) in [6.07, 6.45) is 0.583. The van der Waals surface area contributed by atoms with Crippen molar-refractivity contribution in [2.45, 2.75) is 12.2 Å². The molecule has 0 unspecified atom stereocenters. The first kappa shape index (κ1) is 19.7. The van der Waals surface area contributed by atoms with Crippen molar-refractivity contribution in [2.75, 3.05) is 58.3 Å². The summed E-state index contributed by atoms with van der Waals surface area (Å²) in [6, 6.07) is 10.4. The van der Waals surface area contributed by atoms with E-state index in [1.54, 1.807) is 0 Å². The first-order chi connectivity index (χ1) is 12.8. The second kappa shape index (κ2) is 10.3. The minimum Gasteiger partial charge on any atom is -0.396 e. The van der Waals surface area contributed by atoms with Gasteiger partial charge in [0.05, 0.1) is 13.2 Å². The fourth-order valence-electron chi connectivity index (χ4n) is 3.75. The Morgan fingerprint density at radius 2 is 1.88 bits per heavy atom. The summed E-state index contributed by atoms with van der Waals surface area (Å²) in [4.78, 5) is 16.9. The molecule has 0 spiro atoms. The Labute approximate surface area is 160 Å². The number of carbonyl (C=O) groups is 1. The third kappa shape index (κ3) is 5.71. The Balaban J connectivity index is 1.39. The van der Waals surface area contributed by atoms with Crippen molar-refractivity contribution in [3.05, 3.63) is 35.9 Å². The normalized spacial score (nSPS) is 24.1. The molecular formula is C20H30N2O3S. The van der Waals surface area contributed by atoms with E-state index in [9.17, 15) is 9.90 Å². The highest BCUT2D eigenvalue weighted by Gasteiger charge is 2.35. The van der Waals surface area contributed by atoms with Gasteiger partial charge in [0.25, 0.3) is 0 Å². The van der Waals surface area contributed by atoms with Crippen molar-refractivity contribution in [3.8, 4) is 0 Å². The zero-order chi connectivity index (χ0) is 18.2. The second-order valence-corrected chi connectivity index (χ2v) is 8.31. The van der Waals surface area contributed by atoms with Gasteiger partial charge in [0.15, 0.2) is 0 Å². The summed E-state index contributed by atoms with van der Waals surface area (Å²) < 4.78 is 5.41. The number of nitrogens with zero attached hydrogens (tertiary/aromatic N) is 2. The number of likely N-dealkylation sites (tertiary alicyclic amines) is 1. The number of morpholine rings is 1. The molecule has 2 aliphatic rings. The van der Waals surface area contributed by atoms with Crippen LogP contribution < -0.4 is 0 Å². The molecule has 5 nitrogen and oxygen atoms in total. The van der Waals surface area contributed by atoms with E-state index in [1.807, 2.05) is 22.7 Å². The molecule has 2 atom stereocenters. The third-order valence-corrected chi connectivity index (χ3v) is 6.36. The van der Waals surface area contributed by atoms with Crippen molar-refractivity contribution < 1.29 is 14.6 Å². The molecule has 2 saturated heterocycles. The molecule has 0 radical (unpaired) electrons. The van der Waals surface area contributed by atoms with E-state index in [0.29, 0.717) is 18.9 Å². The number of carbonyl (C=O) groups excluding carboxylic acids is 1. The maximum Gasteiger partial charge on any atom is 0.223 e. The molecular weight excluding hydrogens is 348 g/mol. The van der Waals surface area contributed by atoms with Crippen molar-refractivity contribution >= 4 is 17.7 Å². The van der Waals surface area contributed by atoms with Crippen LogP contribution in [0.1, 0.15) is 12.0 Å². The van der Waals surface area contributed by atoms with E-state index in [4.69, 9.17) is 4.74 Å². The minimum absolute atomic E-state index is 0.168. The first-order valence-corrected chi connectivity index (χ1v) is 10.7. The van der Waals surface area contributed by atoms with Gasteiger partial charge in [-0.1, -0.05) is 30.3 Å². The van der Waals surface area contributed by atoms with Gasteiger partial charge in [-0.15, -0.1) is 0 Å². The highest BCUT2D eigenvalue weighted by Crippen LogP contribution is 2.25. The molecule has 3 rings (SSSR count). The van der Waals surface area contributed by atoms with Gasteiger partial charge < -0.3 is 14.7 Å². The lowest BCUT2D eigenvalue weighted by molar-refractivity contribution is -0.130. The quantitative estimate of drug-likeness (QED) is 0.698. The van der Waals surface area contributed by atoms with Gasteiger partial charge in [-0.2, -0.15) is 11.8 Å². The van der Waals surface area contributed by atoms with Crippen molar-refractivity contribution in [1.29, 1.82) is 0 Å². The van der Waals surface area contributed by atoms with Crippen LogP contribution in [-0.4, -0.2) is 79.1 Å². The average Bonchev–Trinajstić information content (AvgIpc) is 3.09. The zero-order valence-electron chi connectivity index (χ0n) is 15.4. The number of thioether (sulfide) groups is 1. The van der Waals surface area contributed by atoms with Gasteiger partial charge >= 0.3 is 0 Å². The molecule has 6 heteroatoms. The van der Waals surface area contributed by atoms with Gasteiger partial charge in [-0.05, 0) is 11.5 Å². The van der Waals surface area contributed by atoms with Crippen LogP contribution in [0.3, 0.4) is 0 Å². The summed E-state index contributed by atoms with van der Waals surface area (Å²) in [6.45, 7) is 6.11. The van der Waals surface area contributed by atoms with E-state index in [-0.39, 0.29) is 18.4 Å². The van der Waals surface area contributed by atoms with Crippen LogP contribution in [0.2, 0.25) is 0 Å². The molecule has 2 heterocycles. The van der Waals surface area contributed by atoms with E-state index >= 15 is 0 Å². The lowest BCUT2D eigenvalue weighted by Gasteiger charge is -2.30. The summed E-state index contributed by atoms with van der Waals surface area (Å²) in [5, 5.41) is 9.72. The molecule has 26 heavy (non-hydrogen) atoms. The van der Waals surface area contributed by atoms with Crippen molar-refractivity contribution in [1.82, 2.24) is 9.80 Å². The Morgan fingerprint density at radius 1 is 1.15 bits per heavy atom. The molecule has 1 aromatic rings. The van der Waals surface area contributed by atoms with Crippen LogP contribution in [0.5, 0.6) is 0 Å². The maximum atomic E-state index is 12.6. The predicted molar refractivity (Wildman–Crippen MR) is 105 cm³/mol. The summed E-state index contributed by atoms with van der Waals surface area (Å²) in [7, 11) is 0. The third-order valence-electron chi connectivity index (χ3n) is 5.33. The number of rotatable bonds is 8.